The van der Waals surface area contributed by atoms with Crippen molar-refractivity contribution in [1.82, 2.24) is 0 Å². The van der Waals surface area contributed by atoms with E-state index < -0.39 is 17.4 Å². The first-order chi connectivity index (χ1) is 9.80. The van der Waals surface area contributed by atoms with Gasteiger partial charge in [-0.25, -0.2) is 0 Å². The zero-order valence-electron chi connectivity index (χ0n) is 13.0. The topological polar surface area (TPSA) is 52.6 Å². The number of hydrogen-bond donors (Lipinski definition) is 0. The highest BCUT2D eigenvalue weighted by atomic mass is 16.5. The lowest BCUT2D eigenvalue weighted by atomic mass is 9.68. The molecule has 0 saturated carbocycles. The molecule has 0 unspecified atom stereocenters. The van der Waals surface area contributed by atoms with Crippen LogP contribution in [0.5, 0.6) is 0 Å². The maximum absolute atomic E-state index is 12.6. The van der Waals surface area contributed by atoms with Crippen LogP contribution in [0.1, 0.15) is 31.9 Å². The number of fused-ring (bicyclic) bond motifs is 1. The Morgan fingerprint density at radius 1 is 1.00 bits per heavy atom. The molecule has 0 bridgehead atoms. The van der Waals surface area contributed by atoms with Crippen molar-refractivity contribution in [3.05, 3.63) is 41.0 Å². The molecule has 4 heteroatoms. The summed E-state index contributed by atoms with van der Waals surface area (Å²) in [4.78, 5) is 25.2. The lowest BCUT2D eigenvalue weighted by molar-refractivity contribution is -0.160. The fourth-order valence-corrected chi connectivity index (χ4v) is 2.98. The first-order valence-corrected chi connectivity index (χ1v) is 6.79. The fourth-order valence-electron chi connectivity index (χ4n) is 2.98. The summed E-state index contributed by atoms with van der Waals surface area (Å²) in [5.74, 6) is -1.22. The van der Waals surface area contributed by atoms with E-state index in [-0.39, 0.29) is 5.41 Å². The van der Waals surface area contributed by atoms with Gasteiger partial charge in [0.25, 0.3) is 0 Å². The fraction of sp³-hybridized carbons (Fsp3) is 0.412. The van der Waals surface area contributed by atoms with E-state index >= 15 is 0 Å². The number of methoxy groups -OCH3 is 2. The van der Waals surface area contributed by atoms with Gasteiger partial charge in [-0.3, -0.25) is 9.59 Å². The number of benzene rings is 1. The molecular weight excluding hydrogens is 268 g/mol. The Bertz CT molecular complexity index is 604. The van der Waals surface area contributed by atoms with Gasteiger partial charge in [-0.05, 0) is 22.1 Å². The van der Waals surface area contributed by atoms with Crippen LogP contribution in [0.2, 0.25) is 0 Å². The molecule has 0 spiro atoms. The zero-order valence-corrected chi connectivity index (χ0v) is 13.0. The van der Waals surface area contributed by atoms with Gasteiger partial charge in [0, 0.05) is 0 Å². The van der Waals surface area contributed by atoms with Gasteiger partial charge in [0.15, 0.2) is 0 Å². The van der Waals surface area contributed by atoms with E-state index in [0.29, 0.717) is 11.1 Å². The molecule has 0 aromatic heterocycles. The number of hydrogen-bond acceptors (Lipinski definition) is 4. The number of carbonyl (C=O) groups excluding carboxylic acids is 2. The molecule has 1 aromatic rings. The number of esters is 2. The van der Waals surface area contributed by atoms with Gasteiger partial charge >= 0.3 is 11.9 Å². The molecule has 0 fully saturated rings. The Kier molecular flexibility index (Phi) is 3.66. The van der Waals surface area contributed by atoms with E-state index in [1.54, 1.807) is 12.1 Å². The minimum absolute atomic E-state index is 0.387. The van der Waals surface area contributed by atoms with Gasteiger partial charge in [0.05, 0.1) is 14.2 Å². The standard InChI is InChI=1S/C17H20O4/c1-16(2,3)13-10-11-8-6-7-9-12(11)17(13,14(18)20-4)15(19)21-5/h6-10H,1-5H3. The van der Waals surface area contributed by atoms with Crippen molar-refractivity contribution < 1.29 is 19.1 Å². The van der Waals surface area contributed by atoms with Crippen molar-refractivity contribution >= 4 is 18.0 Å². The van der Waals surface area contributed by atoms with E-state index in [9.17, 15) is 9.59 Å². The molecular formula is C17H20O4. The molecule has 0 saturated heterocycles. The van der Waals surface area contributed by atoms with E-state index in [4.69, 9.17) is 9.47 Å². The Labute approximate surface area is 124 Å². The summed E-state index contributed by atoms with van der Waals surface area (Å²) >= 11 is 0. The molecule has 4 nitrogen and oxygen atoms in total. The summed E-state index contributed by atoms with van der Waals surface area (Å²) in [5, 5.41) is 0. The summed E-state index contributed by atoms with van der Waals surface area (Å²) in [5.41, 5.74) is 0.251. The van der Waals surface area contributed by atoms with Crippen LogP contribution in [0.25, 0.3) is 6.08 Å². The second kappa shape index (κ2) is 5.02. The van der Waals surface area contributed by atoms with Crippen LogP contribution >= 0.6 is 0 Å². The molecule has 112 valence electrons. The van der Waals surface area contributed by atoms with E-state index in [1.807, 2.05) is 39.0 Å². The van der Waals surface area contributed by atoms with Gasteiger partial charge < -0.3 is 9.47 Å². The second-order valence-corrected chi connectivity index (χ2v) is 6.13. The van der Waals surface area contributed by atoms with Crippen molar-refractivity contribution in [1.29, 1.82) is 0 Å². The maximum Gasteiger partial charge on any atom is 0.332 e. The summed E-state index contributed by atoms with van der Waals surface area (Å²) in [6.45, 7) is 5.89. The molecule has 2 rings (SSSR count). The lowest BCUT2D eigenvalue weighted by Crippen LogP contribution is -2.48. The van der Waals surface area contributed by atoms with Crippen LogP contribution in [-0.4, -0.2) is 26.2 Å². The molecule has 0 N–H and O–H groups in total. The Morgan fingerprint density at radius 3 is 2.00 bits per heavy atom. The maximum atomic E-state index is 12.6. The molecule has 0 atom stereocenters. The Hall–Kier alpha value is -2.10. The van der Waals surface area contributed by atoms with Crippen LogP contribution in [0.15, 0.2) is 29.8 Å². The Morgan fingerprint density at radius 2 is 1.52 bits per heavy atom. The van der Waals surface area contributed by atoms with Crippen LogP contribution in [0.3, 0.4) is 0 Å². The molecule has 0 radical (unpaired) electrons. The predicted octanol–water partition coefficient (Wildman–Crippen LogP) is 2.71. The normalized spacial score (nSPS) is 16.0. The molecule has 1 aliphatic rings. The third-order valence-electron chi connectivity index (χ3n) is 3.86. The van der Waals surface area contributed by atoms with E-state index in [1.165, 1.54) is 14.2 Å². The summed E-state index contributed by atoms with van der Waals surface area (Å²) < 4.78 is 9.92. The third-order valence-corrected chi connectivity index (χ3v) is 3.86. The number of carbonyl (C=O) groups is 2. The highest BCUT2D eigenvalue weighted by molar-refractivity contribution is 6.13. The largest absolute Gasteiger partial charge is 0.468 e. The van der Waals surface area contributed by atoms with Gasteiger partial charge in [-0.1, -0.05) is 51.1 Å². The summed E-state index contributed by atoms with van der Waals surface area (Å²) in [7, 11) is 2.57. The smallest absolute Gasteiger partial charge is 0.332 e. The van der Waals surface area contributed by atoms with Gasteiger partial charge in [0.1, 0.15) is 0 Å². The predicted molar refractivity (Wildman–Crippen MR) is 79.6 cm³/mol. The highest BCUT2D eigenvalue weighted by Gasteiger charge is 2.59. The third kappa shape index (κ3) is 2.06. The Balaban J connectivity index is 2.83. The molecule has 1 aliphatic carbocycles. The van der Waals surface area contributed by atoms with E-state index in [2.05, 4.69) is 0 Å². The van der Waals surface area contributed by atoms with E-state index in [0.717, 1.165) is 5.56 Å². The van der Waals surface area contributed by atoms with Crippen molar-refractivity contribution in [2.75, 3.05) is 14.2 Å². The summed E-state index contributed by atoms with van der Waals surface area (Å²) in [6, 6.07) is 7.34. The summed E-state index contributed by atoms with van der Waals surface area (Å²) in [6.07, 6.45) is 1.89. The van der Waals surface area contributed by atoms with Gasteiger partial charge in [-0.15, -0.1) is 0 Å². The zero-order chi connectivity index (χ0) is 15.8. The lowest BCUT2D eigenvalue weighted by Gasteiger charge is -2.34. The van der Waals surface area contributed by atoms with Crippen LogP contribution in [-0.2, 0) is 24.5 Å². The highest BCUT2D eigenvalue weighted by Crippen LogP contribution is 2.50. The average Bonchev–Trinajstić information content (AvgIpc) is 2.82. The SMILES string of the molecule is COC(=O)C1(C(=O)OC)C(C(C)(C)C)=Cc2ccccc21. The first kappa shape index (κ1) is 15.3. The van der Waals surface area contributed by atoms with Crippen molar-refractivity contribution in [3.63, 3.8) is 0 Å². The van der Waals surface area contributed by atoms with Crippen molar-refractivity contribution in [2.24, 2.45) is 5.41 Å². The monoisotopic (exact) mass is 288 g/mol. The minimum atomic E-state index is -1.52. The van der Waals surface area contributed by atoms with Crippen molar-refractivity contribution in [2.45, 2.75) is 26.2 Å². The van der Waals surface area contributed by atoms with Crippen LogP contribution < -0.4 is 0 Å². The molecule has 0 aliphatic heterocycles. The first-order valence-electron chi connectivity index (χ1n) is 6.79. The van der Waals surface area contributed by atoms with Gasteiger partial charge in [-0.2, -0.15) is 0 Å². The molecule has 1 aromatic carbocycles. The molecule has 0 heterocycles. The quantitative estimate of drug-likeness (QED) is 0.620. The van der Waals surface area contributed by atoms with Crippen LogP contribution in [0, 0.1) is 5.41 Å². The second-order valence-electron chi connectivity index (χ2n) is 6.13. The minimum Gasteiger partial charge on any atom is -0.468 e. The number of ether oxygens (including phenoxy) is 2. The average molecular weight is 288 g/mol. The molecule has 21 heavy (non-hydrogen) atoms. The van der Waals surface area contributed by atoms with Crippen molar-refractivity contribution in [3.8, 4) is 0 Å². The number of rotatable bonds is 2. The van der Waals surface area contributed by atoms with Gasteiger partial charge in [0.2, 0.25) is 5.41 Å². The van der Waals surface area contributed by atoms with Crippen LogP contribution in [0.4, 0.5) is 0 Å². The molecule has 0 amide bonds.